The Bertz CT molecular complexity index is 900. The van der Waals surface area contributed by atoms with Crippen molar-refractivity contribution in [3.63, 3.8) is 0 Å². The van der Waals surface area contributed by atoms with Gasteiger partial charge in [0.1, 0.15) is 0 Å². The fourth-order valence-electron chi connectivity index (χ4n) is 3.14. The van der Waals surface area contributed by atoms with E-state index >= 15 is 0 Å². The molecule has 2 nitrogen and oxygen atoms in total. The Morgan fingerprint density at radius 3 is 2.35 bits per heavy atom. The SMILES string of the molecule is Cc1sc(C)c(C(=O)N[C@@H](C)c2ccccc2)c1Cc1ccc(Cl)cc1. The molecule has 0 aliphatic heterocycles. The number of nitrogens with one attached hydrogen (secondary N) is 1. The van der Waals surface area contributed by atoms with Gasteiger partial charge >= 0.3 is 0 Å². The second kappa shape index (κ2) is 8.07. The van der Waals surface area contributed by atoms with Crippen LogP contribution in [0.1, 0.15) is 49.8 Å². The summed E-state index contributed by atoms with van der Waals surface area (Å²) in [6.45, 7) is 6.12. The molecule has 1 atom stereocenters. The molecule has 0 saturated heterocycles. The zero-order chi connectivity index (χ0) is 18.7. The molecule has 4 heteroatoms. The fourth-order valence-corrected chi connectivity index (χ4v) is 4.34. The summed E-state index contributed by atoms with van der Waals surface area (Å²) in [7, 11) is 0. The normalized spacial score (nSPS) is 12.0. The number of benzene rings is 2. The van der Waals surface area contributed by atoms with E-state index in [4.69, 9.17) is 11.6 Å². The van der Waals surface area contributed by atoms with Crippen molar-refractivity contribution in [3.8, 4) is 0 Å². The van der Waals surface area contributed by atoms with E-state index in [0.29, 0.717) is 0 Å². The minimum Gasteiger partial charge on any atom is -0.345 e. The second-order valence-corrected chi connectivity index (χ2v) is 8.34. The molecule has 1 heterocycles. The summed E-state index contributed by atoms with van der Waals surface area (Å²) in [5.41, 5.74) is 4.17. The Morgan fingerprint density at radius 2 is 1.69 bits per heavy atom. The van der Waals surface area contributed by atoms with E-state index in [9.17, 15) is 4.79 Å². The van der Waals surface area contributed by atoms with Gasteiger partial charge in [-0.1, -0.05) is 54.1 Å². The number of thiophene rings is 1. The number of halogens is 1. The van der Waals surface area contributed by atoms with Crippen LogP contribution >= 0.6 is 22.9 Å². The van der Waals surface area contributed by atoms with Gasteiger partial charge < -0.3 is 5.32 Å². The van der Waals surface area contributed by atoms with Gasteiger partial charge in [-0.05, 0) is 56.0 Å². The summed E-state index contributed by atoms with van der Waals surface area (Å²) in [5.74, 6) is -0.00725. The number of amides is 1. The van der Waals surface area contributed by atoms with Gasteiger partial charge in [0.05, 0.1) is 11.6 Å². The highest BCUT2D eigenvalue weighted by Crippen LogP contribution is 2.30. The summed E-state index contributed by atoms with van der Waals surface area (Å²) in [5, 5.41) is 3.87. The Hall–Kier alpha value is -2.10. The summed E-state index contributed by atoms with van der Waals surface area (Å²) < 4.78 is 0. The maximum Gasteiger partial charge on any atom is 0.253 e. The molecule has 0 bridgehead atoms. The van der Waals surface area contributed by atoms with E-state index < -0.39 is 0 Å². The van der Waals surface area contributed by atoms with Gasteiger partial charge in [-0.25, -0.2) is 0 Å². The first-order valence-corrected chi connectivity index (χ1v) is 9.84. The summed E-state index contributed by atoms with van der Waals surface area (Å²) in [6, 6.07) is 17.8. The summed E-state index contributed by atoms with van der Waals surface area (Å²) in [6.07, 6.45) is 0.732. The van der Waals surface area contributed by atoms with Gasteiger partial charge in [-0.3, -0.25) is 4.79 Å². The van der Waals surface area contributed by atoms with Gasteiger partial charge in [0.25, 0.3) is 5.91 Å². The monoisotopic (exact) mass is 383 g/mol. The first-order chi connectivity index (χ1) is 12.5. The van der Waals surface area contributed by atoms with Gasteiger partial charge in [-0.15, -0.1) is 11.3 Å². The Labute approximate surface area is 163 Å². The molecule has 0 aliphatic carbocycles. The van der Waals surface area contributed by atoms with Crippen molar-refractivity contribution in [2.75, 3.05) is 0 Å². The third-order valence-corrected chi connectivity index (χ3v) is 5.87. The number of carbonyl (C=O) groups is 1. The molecule has 134 valence electrons. The molecule has 1 amide bonds. The molecule has 26 heavy (non-hydrogen) atoms. The van der Waals surface area contributed by atoms with Crippen LogP contribution in [0.5, 0.6) is 0 Å². The van der Waals surface area contributed by atoms with Gasteiger partial charge in [0, 0.05) is 14.8 Å². The molecule has 3 rings (SSSR count). The standard InChI is InChI=1S/C22H22ClNOS/c1-14(18-7-5-4-6-8-18)24-22(25)21-16(3)26-15(2)20(21)13-17-9-11-19(23)12-10-17/h4-12,14H,13H2,1-3H3,(H,24,25)/t14-/m0/s1. The van der Waals surface area contributed by atoms with Gasteiger partial charge in [-0.2, -0.15) is 0 Å². The van der Waals surface area contributed by atoms with Crippen LogP contribution in [0.2, 0.25) is 5.02 Å². The highest BCUT2D eigenvalue weighted by molar-refractivity contribution is 7.12. The Balaban J connectivity index is 1.85. The van der Waals surface area contributed by atoms with Crippen LogP contribution in [0.4, 0.5) is 0 Å². The van der Waals surface area contributed by atoms with Crippen LogP contribution in [-0.4, -0.2) is 5.91 Å². The third-order valence-electron chi connectivity index (χ3n) is 4.55. The largest absolute Gasteiger partial charge is 0.345 e. The van der Waals surface area contributed by atoms with E-state index in [1.807, 2.05) is 68.4 Å². The predicted molar refractivity (Wildman–Crippen MR) is 110 cm³/mol. The third kappa shape index (κ3) is 4.17. The fraction of sp³-hybridized carbons (Fsp3) is 0.227. The highest BCUT2D eigenvalue weighted by atomic mass is 35.5. The lowest BCUT2D eigenvalue weighted by Gasteiger charge is -2.15. The lowest BCUT2D eigenvalue weighted by Crippen LogP contribution is -2.27. The lowest BCUT2D eigenvalue weighted by atomic mass is 9.99. The molecule has 3 aromatic rings. The number of rotatable bonds is 5. The molecule has 0 radical (unpaired) electrons. The first kappa shape index (κ1) is 18.7. The molecular weight excluding hydrogens is 362 g/mol. The van der Waals surface area contributed by atoms with Crippen LogP contribution in [0.25, 0.3) is 0 Å². The molecule has 2 aromatic carbocycles. The molecule has 1 aromatic heterocycles. The molecule has 0 spiro atoms. The van der Waals surface area contributed by atoms with E-state index in [0.717, 1.165) is 38.6 Å². The zero-order valence-corrected chi connectivity index (χ0v) is 16.7. The second-order valence-electron chi connectivity index (χ2n) is 6.48. The van der Waals surface area contributed by atoms with Crippen LogP contribution in [0.15, 0.2) is 54.6 Å². The maximum absolute atomic E-state index is 13.0. The molecule has 0 unspecified atom stereocenters. The zero-order valence-electron chi connectivity index (χ0n) is 15.2. The first-order valence-electron chi connectivity index (χ1n) is 8.65. The van der Waals surface area contributed by atoms with Crippen LogP contribution < -0.4 is 5.32 Å². The minimum absolute atomic E-state index is 0.00725. The van der Waals surface area contributed by atoms with Crippen molar-refractivity contribution in [2.45, 2.75) is 33.2 Å². The molecule has 1 N–H and O–H groups in total. The number of hydrogen-bond donors (Lipinski definition) is 1. The van der Waals surface area contributed by atoms with Crippen LogP contribution in [0, 0.1) is 13.8 Å². The average molecular weight is 384 g/mol. The summed E-state index contributed by atoms with van der Waals surface area (Å²) in [4.78, 5) is 15.3. The highest BCUT2D eigenvalue weighted by Gasteiger charge is 2.21. The minimum atomic E-state index is -0.0355. The average Bonchev–Trinajstić information content (AvgIpc) is 2.91. The quantitative estimate of drug-likeness (QED) is 0.566. The van der Waals surface area contributed by atoms with Crippen molar-refractivity contribution < 1.29 is 4.79 Å². The Morgan fingerprint density at radius 1 is 1.04 bits per heavy atom. The van der Waals surface area contributed by atoms with Gasteiger partial charge in [0.15, 0.2) is 0 Å². The number of hydrogen-bond acceptors (Lipinski definition) is 2. The molecule has 0 aliphatic rings. The van der Waals surface area contributed by atoms with Crippen molar-refractivity contribution in [1.82, 2.24) is 5.32 Å². The molecule has 0 saturated carbocycles. The smallest absolute Gasteiger partial charge is 0.253 e. The predicted octanol–water partition coefficient (Wildman–Crippen LogP) is 6.10. The topological polar surface area (TPSA) is 29.1 Å². The molecular formula is C22H22ClNOS. The molecule has 0 fully saturated rings. The van der Waals surface area contributed by atoms with Crippen molar-refractivity contribution in [3.05, 3.63) is 91.6 Å². The van der Waals surface area contributed by atoms with E-state index in [1.54, 1.807) is 11.3 Å². The number of carbonyl (C=O) groups excluding carboxylic acids is 1. The van der Waals surface area contributed by atoms with E-state index in [-0.39, 0.29) is 11.9 Å². The summed E-state index contributed by atoms with van der Waals surface area (Å²) >= 11 is 7.67. The lowest BCUT2D eigenvalue weighted by molar-refractivity contribution is 0.0939. The van der Waals surface area contributed by atoms with Crippen molar-refractivity contribution in [1.29, 1.82) is 0 Å². The van der Waals surface area contributed by atoms with E-state index in [1.165, 1.54) is 4.88 Å². The van der Waals surface area contributed by atoms with Crippen molar-refractivity contribution in [2.24, 2.45) is 0 Å². The van der Waals surface area contributed by atoms with Crippen LogP contribution in [-0.2, 0) is 6.42 Å². The van der Waals surface area contributed by atoms with Crippen LogP contribution in [0.3, 0.4) is 0 Å². The number of aryl methyl sites for hydroxylation is 2. The maximum atomic E-state index is 13.0. The Kier molecular flexibility index (Phi) is 5.80. The van der Waals surface area contributed by atoms with E-state index in [2.05, 4.69) is 12.2 Å². The van der Waals surface area contributed by atoms with Gasteiger partial charge in [0.2, 0.25) is 0 Å². The van der Waals surface area contributed by atoms with Crippen molar-refractivity contribution >= 4 is 28.8 Å².